The van der Waals surface area contributed by atoms with E-state index in [0.717, 1.165) is 31.2 Å². The van der Waals surface area contributed by atoms with Crippen LogP contribution in [0.15, 0.2) is 29.4 Å². The first-order valence-electron chi connectivity index (χ1n) is 10.1. The van der Waals surface area contributed by atoms with Gasteiger partial charge >= 0.3 is 6.03 Å². The van der Waals surface area contributed by atoms with Crippen LogP contribution in [0.1, 0.15) is 32.0 Å². The Hall–Kier alpha value is -2.59. The molecule has 1 aromatic heterocycles. The monoisotopic (exact) mass is 432 g/mol. The Morgan fingerprint density at radius 1 is 1.13 bits per heavy atom. The lowest BCUT2D eigenvalue weighted by Gasteiger charge is -2.25. The number of likely N-dealkylation sites (tertiary alicyclic amines) is 1. The fraction of sp³-hybridized carbons (Fsp3) is 0.500. The summed E-state index contributed by atoms with van der Waals surface area (Å²) in [7, 11) is 1.90. The van der Waals surface area contributed by atoms with Gasteiger partial charge in [-0.1, -0.05) is 18.2 Å². The van der Waals surface area contributed by atoms with E-state index in [1.807, 2.05) is 18.5 Å². The molecule has 1 aliphatic rings. The number of urea groups is 1. The van der Waals surface area contributed by atoms with Gasteiger partial charge in [0.15, 0.2) is 5.16 Å². The number of rotatable bonds is 8. The summed E-state index contributed by atoms with van der Waals surface area (Å²) < 4.78 is 7.27. The van der Waals surface area contributed by atoms with Gasteiger partial charge in [0.25, 0.3) is 0 Å². The molecule has 2 N–H and O–H groups in total. The number of anilines is 1. The lowest BCUT2D eigenvalue weighted by atomic mass is 10.1. The lowest BCUT2D eigenvalue weighted by Crippen LogP contribution is -2.35. The Kier molecular flexibility index (Phi) is 8.09. The molecule has 3 rings (SSSR count). The standard InChI is InChI=1S/C20H28N6O3S/c1-3-29-16-9-7-15(8-10-16)21-19(28)22-18(27)14-30-20-24-23-17(25(20)2)13-26-11-5-4-6-12-26/h7-10H,3-6,11-14H2,1-2H3,(H2,21,22,27,28). The van der Waals surface area contributed by atoms with Crippen LogP contribution >= 0.6 is 11.8 Å². The summed E-state index contributed by atoms with van der Waals surface area (Å²) in [5.74, 6) is 1.28. The molecule has 0 unspecified atom stereocenters. The van der Waals surface area contributed by atoms with Gasteiger partial charge < -0.3 is 14.6 Å². The Labute approximate surface area is 180 Å². The summed E-state index contributed by atoms with van der Waals surface area (Å²) in [6.45, 7) is 5.41. The first kappa shape index (κ1) is 22.1. The predicted molar refractivity (Wildman–Crippen MR) is 116 cm³/mol. The van der Waals surface area contributed by atoms with Crippen LogP contribution in [0, 0.1) is 0 Å². The number of hydrogen-bond donors (Lipinski definition) is 2. The van der Waals surface area contributed by atoms with Gasteiger partial charge in [0.2, 0.25) is 5.91 Å². The molecule has 0 saturated carbocycles. The molecular formula is C20H28N6O3S. The number of thioether (sulfide) groups is 1. The highest BCUT2D eigenvalue weighted by Gasteiger charge is 2.17. The van der Waals surface area contributed by atoms with Crippen LogP contribution in [-0.2, 0) is 18.4 Å². The number of piperidine rings is 1. The molecule has 162 valence electrons. The summed E-state index contributed by atoms with van der Waals surface area (Å²) in [5.41, 5.74) is 0.576. The number of nitrogens with one attached hydrogen (secondary N) is 2. The molecule has 0 atom stereocenters. The van der Waals surface area contributed by atoms with Gasteiger partial charge in [0.05, 0.1) is 18.9 Å². The quantitative estimate of drug-likeness (QED) is 0.618. The normalized spacial score (nSPS) is 14.3. The van der Waals surface area contributed by atoms with Gasteiger partial charge in [-0.3, -0.25) is 15.0 Å². The van der Waals surface area contributed by atoms with E-state index in [2.05, 4.69) is 25.7 Å². The molecule has 2 heterocycles. The minimum Gasteiger partial charge on any atom is -0.494 e. The van der Waals surface area contributed by atoms with Gasteiger partial charge in [-0.15, -0.1) is 10.2 Å². The average Bonchev–Trinajstić information content (AvgIpc) is 3.08. The van der Waals surface area contributed by atoms with E-state index in [0.29, 0.717) is 17.5 Å². The minimum absolute atomic E-state index is 0.0758. The maximum absolute atomic E-state index is 12.1. The second-order valence-corrected chi connectivity index (χ2v) is 7.99. The van der Waals surface area contributed by atoms with Crippen LogP contribution in [-0.4, -0.2) is 57.1 Å². The Balaban J connectivity index is 1.43. The molecule has 0 bridgehead atoms. The van der Waals surface area contributed by atoms with E-state index in [1.54, 1.807) is 24.3 Å². The van der Waals surface area contributed by atoms with Crippen LogP contribution < -0.4 is 15.4 Å². The van der Waals surface area contributed by atoms with E-state index in [-0.39, 0.29) is 5.75 Å². The number of carbonyl (C=O) groups is 2. The molecule has 0 radical (unpaired) electrons. The number of nitrogens with zero attached hydrogens (tertiary/aromatic N) is 4. The Bertz CT molecular complexity index is 849. The number of amides is 3. The van der Waals surface area contributed by atoms with Crippen molar-refractivity contribution < 1.29 is 14.3 Å². The van der Waals surface area contributed by atoms with Gasteiger partial charge in [-0.05, 0) is 57.1 Å². The SMILES string of the molecule is CCOc1ccc(NC(=O)NC(=O)CSc2nnc(CN3CCCCC3)n2C)cc1. The van der Waals surface area contributed by atoms with Crippen molar-refractivity contribution >= 4 is 29.4 Å². The van der Waals surface area contributed by atoms with Gasteiger partial charge in [-0.25, -0.2) is 4.79 Å². The number of hydrogen-bond acceptors (Lipinski definition) is 7. The molecule has 30 heavy (non-hydrogen) atoms. The first-order chi connectivity index (χ1) is 14.5. The van der Waals surface area contributed by atoms with Crippen LogP contribution in [0.2, 0.25) is 0 Å². The zero-order valence-electron chi connectivity index (χ0n) is 17.4. The van der Waals surface area contributed by atoms with Crippen LogP contribution in [0.3, 0.4) is 0 Å². The molecule has 10 heteroatoms. The Morgan fingerprint density at radius 3 is 2.57 bits per heavy atom. The smallest absolute Gasteiger partial charge is 0.325 e. The van der Waals surface area contributed by atoms with Crippen molar-refractivity contribution in [3.05, 3.63) is 30.1 Å². The van der Waals surface area contributed by atoms with Crippen molar-refractivity contribution in [2.45, 2.75) is 37.9 Å². The van der Waals surface area contributed by atoms with E-state index in [4.69, 9.17) is 4.74 Å². The zero-order valence-corrected chi connectivity index (χ0v) is 18.2. The fourth-order valence-electron chi connectivity index (χ4n) is 3.18. The maximum Gasteiger partial charge on any atom is 0.325 e. The molecule has 2 aromatic rings. The number of ether oxygens (including phenoxy) is 1. The van der Waals surface area contributed by atoms with Crippen LogP contribution in [0.4, 0.5) is 10.5 Å². The summed E-state index contributed by atoms with van der Waals surface area (Å²) in [6.07, 6.45) is 3.73. The van der Waals surface area contributed by atoms with E-state index in [9.17, 15) is 9.59 Å². The number of aromatic nitrogens is 3. The fourth-order valence-corrected chi connectivity index (χ4v) is 3.91. The third-order valence-corrected chi connectivity index (χ3v) is 5.77. The second kappa shape index (κ2) is 11.0. The summed E-state index contributed by atoms with van der Waals surface area (Å²) >= 11 is 1.26. The summed E-state index contributed by atoms with van der Waals surface area (Å²) in [6, 6.07) is 6.37. The molecule has 3 amide bonds. The van der Waals surface area contributed by atoms with Crippen molar-refractivity contribution in [2.24, 2.45) is 7.05 Å². The summed E-state index contributed by atoms with van der Waals surface area (Å²) in [4.78, 5) is 26.5. The molecular weight excluding hydrogens is 404 g/mol. The van der Waals surface area contributed by atoms with Crippen molar-refractivity contribution in [1.82, 2.24) is 25.0 Å². The molecule has 9 nitrogen and oxygen atoms in total. The molecule has 0 spiro atoms. The number of carbonyl (C=O) groups excluding carboxylic acids is 2. The van der Waals surface area contributed by atoms with E-state index in [1.165, 1.54) is 31.0 Å². The zero-order chi connectivity index (χ0) is 21.3. The van der Waals surface area contributed by atoms with Crippen molar-refractivity contribution in [2.75, 3.05) is 30.8 Å². The van der Waals surface area contributed by atoms with Crippen molar-refractivity contribution in [3.8, 4) is 5.75 Å². The highest BCUT2D eigenvalue weighted by molar-refractivity contribution is 7.99. The highest BCUT2D eigenvalue weighted by atomic mass is 32.2. The number of benzene rings is 1. The molecule has 1 aromatic carbocycles. The van der Waals surface area contributed by atoms with Gasteiger partial charge in [-0.2, -0.15) is 0 Å². The molecule has 1 aliphatic heterocycles. The topological polar surface area (TPSA) is 101 Å². The van der Waals surface area contributed by atoms with Gasteiger partial charge in [0.1, 0.15) is 11.6 Å². The Morgan fingerprint density at radius 2 is 1.87 bits per heavy atom. The van der Waals surface area contributed by atoms with E-state index < -0.39 is 11.9 Å². The predicted octanol–water partition coefficient (Wildman–Crippen LogP) is 2.64. The second-order valence-electron chi connectivity index (χ2n) is 7.04. The molecule has 1 fully saturated rings. The summed E-state index contributed by atoms with van der Waals surface area (Å²) in [5, 5.41) is 14.0. The van der Waals surface area contributed by atoms with Crippen LogP contribution in [0.25, 0.3) is 0 Å². The van der Waals surface area contributed by atoms with E-state index >= 15 is 0 Å². The third kappa shape index (κ3) is 6.46. The highest BCUT2D eigenvalue weighted by Crippen LogP contribution is 2.18. The largest absolute Gasteiger partial charge is 0.494 e. The lowest BCUT2D eigenvalue weighted by molar-refractivity contribution is -0.117. The maximum atomic E-state index is 12.1. The van der Waals surface area contributed by atoms with Crippen molar-refractivity contribution in [1.29, 1.82) is 0 Å². The average molecular weight is 433 g/mol. The third-order valence-electron chi connectivity index (χ3n) is 4.75. The minimum atomic E-state index is -0.575. The molecule has 1 saturated heterocycles. The van der Waals surface area contributed by atoms with Crippen molar-refractivity contribution in [3.63, 3.8) is 0 Å². The first-order valence-corrected chi connectivity index (χ1v) is 11.1. The molecule has 0 aliphatic carbocycles. The van der Waals surface area contributed by atoms with Gasteiger partial charge in [0, 0.05) is 12.7 Å². The van der Waals surface area contributed by atoms with Crippen LogP contribution in [0.5, 0.6) is 5.75 Å². The number of imide groups is 1.